The molecule has 0 aromatic rings. The number of rotatable bonds is 4. The fraction of sp³-hybridized carbons (Fsp3) is 0.400. The van der Waals surface area contributed by atoms with Gasteiger partial charge in [-0.1, -0.05) is 24.3 Å². The predicted octanol–water partition coefficient (Wildman–Crippen LogP) is 3.11. The van der Waals surface area contributed by atoms with Gasteiger partial charge in [0.2, 0.25) is 0 Å². The third kappa shape index (κ3) is 3.53. The number of nitrogens with zero attached hydrogens (tertiary/aromatic N) is 2. The van der Waals surface area contributed by atoms with E-state index in [2.05, 4.69) is 47.0 Å². The van der Waals surface area contributed by atoms with Gasteiger partial charge in [-0.15, -0.1) is 0 Å². The fourth-order valence-corrected chi connectivity index (χ4v) is 2.34. The van der Waals surface area contributed by atoms with Gasteiger partial charge in [0.1, 0.15) is 0 Å². The summed E-state index contributed by atoms with van der Waals surface area (Å²) in [5.74, 6) is 0. The van der Waals surface area contributed by atoms with Crippen LogP contribution in [0.15, 0.2) is 52.7 Å². The molecule has 0 saturated carbocycles. The lowest BCUT2D eigenvalue weighted by Crippen LogP contribution is -2.22. The van der Waals surface area contributed by atoms with Crippen LogP contribution in [0.3, 0.4) is 0 Å². The Bertz CT molecular complexity index is 380. The van der Waals surface area contributed by atoms with Crippen molar-refractivity contribution in [3.8, 4) is 0 Å². The molecule has 90 valence electrons. The van der Waals surface area contributed by atoms with Crippen LogP contribution in [-0.2, 0) is 0 Å². The molecule has 0 bridgehead atoms. The summed E-state index contributed by atoms with van der Waals surface area (Å²) in [6.45, 7) is 7.00. The summed E-state index contributed by atoms with van der Waals surface area (Å²) < 4.78 is 0. The lowest BCUT2D eigenvalue weighted by Gasteiger charge is -2.18. The standard InChI is InChI=1S/C15H20N2/c1-16-10-9-15(13-17-11-5-6-12-17)14-7-3-2-4-8-14/h2-4,7,9-10H,1,5-6,8,11-13H2/b10-9-,15-14+. The summed E-state index contributed by atoms with van der Waals surface area (Å²) in [6.07, 6.45) is 16.2. The van der Waals surface area contributed by atoms with Crippen LogP contribution in [0.5, 0.6) is 0 Å². The van der Waals surface area contributed by atoms with Crippen LogP contribution in [0.2, 0.25) is 0 Å². The summed E-state index contributed by atoms with van der Waals surface area (Å²) in [4.78, 5) is 6.34. The van der Waals surface area contributed by atoms with Crippen LogP contribution < -0.4 is 0 Å². The zero-order valence-corrected chi connectivity index (χ0v) is 10.3. The Morgan fingerprint density at radius 3 is 2.82 bits per heavy atom. The van der Waals surface area contributed by atoms with E-state index in [1.165, 1.54) is 37.1 Å². The average Bonchev–Trinajstić information content (AvgIpc) is 2.88. The van der Waals surface area contributed by atoms with Crippen molar-refractivity contribution in [1.82, 2.24) is 4.90 Å². The molecule has 1 fully saturated rings. The Morgan fingerprint density at radius 2 is 2.18 bits per heavy atom. The zero-order chi connectivity index (χ0) is 11.9. The minimum absolute atomic E-state index is 1.03. The maximum atomic E-state index is 3.82. The molecule has 2 nitrogen and oxygen atoms in total. The second-order valence-electron chi connectivity index (χ2n) is 4.52. The Kier molecular flexibility index (Phi) is 4.51. The monoisotopic (exact) mass is 228 g/mol. The molecule has 1 heterocycles. The predicted molar refractivity (Wildman–Crippen MR) is 74.3 cm³/mol. The molecule has 0 aromatic carbocycles. The van der Waals surface area contributed by atoms with E-state index in [1.807, 2.05) is 0 Å². The van der Waals surface area contributed by atoms with Crippen LogP contribution in [0.1, 0.15) is 19.3 Å². The SMILES string of the molecule is C=N/C=C\C(CN1CCCC1)=C1\C=CC=CC1. The molecule has 2 heteroatoms. The highest BCUT2D eigenvalue weighted by molar-refractivity contribution is 5.40. The van der Waals surface area contributed by atoms with Crippen molar-refractivity contribution in [2.45, 2.75) is 19.3 Å². The van der Waals surface area contributed by atoms with Crippen molar-refractivity contribution < 1.29 is 0 Å². The molecule has 0 N–H and O–H groups in total. The zero-order valence-electron chi connectivity index (χ0n) is 10.3. The van der Waals surface area contributed by atoms with Gasteiger partial charge in [0.25, 0.3) is 0 Å². The Hall–Kier alpha value is -1.41. The second-order valence-corrected chi connectivity index (χ2v) is 4.52. The van der Waals surface area contributed by atoms with Crippen molar-refractivity contribution in [2.75, 3.05) is 19.6 Å². The molecular weight excluding hydrogens is 208 g/mol. The average molecular weight is 228 g/mol. The number of hydrogen-bond acceptors (Lipinski definition) is 2. The molecular formula is C15H20N2. The molecule has 0 radical (unpaired) electrons. The van der Waals surface area contributed by atoms with Crippen LogP contribution >= 0.6 is 0 Å². The van der Waals surface area contributed by atoms with Gasteiger partial charge in [0.15, 0.2) is 0 Å². The summed E-state index contributed by atoms with van der Waals surface area (Å²) in [5, 5.41) is 0. The van der Waals surface area contributed by atoms with Crippen LogP contribution in [0.4, 0.5) is 0 Å². The maximum Gasteiger partial charge on any atom is 0.0263 e. The van der Waals surface area contributed by atoms with Gasteiger partial charge in [0, 0.05) is 12.7 Å². The highest BCUT2D eigenvalue weighted by Gasteiger charge is 2.13. The number of allylic oxidation sites excluding steroid dienone is 5. The minimum Gasteiger partial charge on any atom is -0.299 e. The first-order valence-electron chi connectivity index (χ1n) is 6.30. The van der Waals surface area contributed by atoms with Gasteiger partial charge in [-0.05, 0) is 56.3 Å². The van der Waals surface area contributed by atoms with Gasteiger partial charge in [-0.3, -0.25) is 9.89 Å². The van der Waals surface area contributed by atoms with Crippen molar-refractivity contribution in [3.63, 3.8) is 0 Å². The second kappa shape index (κ2) is 6.36. The lowest BCUT2D eigenvalue weighted by atomic mass is 10.0. The Balaban J connectivity index is 2.11. The van der Waals surface area contributed by atoms with Gasteiger partial charge in [-0.25, -0.2) is 0 Å². The van der Waals surface area contributed by atoms with E-state index in [1.54, 1.807) is 6.20 Å². The summed E-state index contributed by atoms with van der Waals surface area (Å²) in [5.41, 5.74) is 2.78. The van der Waals surface area contributed by atoms with E-state index in [-0.39, 0.29) is 0 Å². The molecule has 0 atom stereocenters. The largest absolute Gasteiger partial charge is 0.299 e. The lowest BCUT2D eigenvalue weighted by molar-refractivity contribution is 0.370. The minimum atomic E-state index is 1.03. The molecule has 2 rings (SSSR count). The summed E-state index contributed by atoms with van der Waals surface area (Å²) in [7, 11) is 0. The van der Waals surface area contributed by atoms with Gasteiger partial charge >= 0.3 is 0 Å². The fourth-order valence-electron chi connectivity index (χ4n) is 2.34. The first-order chi connectivity index (χ1) is 8.40. The van der Waals surface area contributed by atoms with Crippen molar-refractivity contribution in [3.05, 3.63) is 47.7 Å². The normalized spacial score (nSPS) is 23.5. The van der Waals surface area contributed by atoms with E-state index in [0.717, 1.165) is 13.0 Å². The highest BCUT2D eigenvalue weighted by atomic mass is 15.1. The number of likely N-dealkylation sites (tertiary alicyclic amines) is 1. The van der Waals surface area contributed by atoms with E-state index >= 15 is 0 Å². The molecule has 1 aliphatic heterocycles. The van der Waals surface area contributed by atoms with Gasteiger partial charge in [-0.2, -0.15) is 0 Å². The van der Waals surface area contributed by atoms with Gasteiger partial charge in [0.05, 0.1) is 0 Å². The molecule has 0 unspecified atom stereocenters. The smallest absolute Gasteiger partial charge is 0.0263 e. The van der Waals surface area contributed by atoms with E-state index in [0.29, 0.717) is 0 Å². The summed E-state index contributed by atoms with van der Waals surface area (Å²) >= 11 is 0. The highest BCUT2D eigenvalue weighted by Crippen LogP contribution is 2.19. The Morgan fingerprint density at radius 1 is 1.35 bits per heavy atom. The van der Waals surface area contributed by atoms with Crippen molar-refractivity contribution in [1.29, 1.82) is 0 Å². The molecule has 0 spiro atoms. The third-order valence-corrected chi connectivity index (χ3v) is 3.27. The van der Waals surface area contributed by atoms with Gasteiger partial charge < -0.3 is 0 Å². The first kappa shape index (κ1) is 12.1. The third-order valence-electron chi connectivity index (χ3n) is 3.27. The van der Waals surface area contributed by atoms with Crippen LogP contribution in [0.25, 0.3) is 0 Å². The maximum absolute atomic E-state index is 3.82. The van der Waals surface area contributed by atoms with Crippen molar-refractivity contribution >= 4 is 6.72 Å². The van der Waals surface area contributed by atoms with Crippen molar-refractivity contribution in [2.24, 2.45) is 4.99 Å². The van der Waals surface area contributed by atoms with E-state index in [4.69, 9.17) is 0 Å². The topological polar surface area (TPSA) is 15.6 Å². The summed E-state index contributed by atoms with van der Waals surface area (Å²) in [6, 6.07) is 0. The number of hydrogen-bond donors (Lipinski definition) is 0. The molecule has 17 heavy (non-hydrogen) atoms. The molecule has 1 aliphatic carbocycles. The van der Waals surface area contributed by atoms with Crippen LogP contribution in [-0.4, -0.2) is 31.3 Å². The molecule has 2 aliphatic rings. The molecule has 0 aromatic heterocycles. The van der Waals surface area contributed by atoms with E-state index < -0.39 is 0 Å². The molecule has 0 amide bonds. The Labute approximate surface area is 104 Å². The molecule has 1 saturated heterocycles. The van der Waals surface area contributed by atoms with Crippen LogP contribution in [0, 0.1) is 0 Å². The first-order valence-corrected chi connectivity index (χ1v) is 6.30. The quantitative estimate of drug-likeness (QED) is 0.675. The number of aliphatic imine (C=N–C) groups is 1. The van der Waals surface area contributed by atoms with E-state index in [9.17, 15) is 0 Å².